The zero-order valence-corrected chi connectivity index (χ0v) is 22.2. The normalized spacial score (nSPS) is 13.0. The van der Waals surface area contributed by atoms with Gasteiger partial charge in [0.1, 0.15) is 18.9 Å². The van der Waals surface area contributed by atoms with E-state index < -0.39 is 22.5 Å². The number of hydrogen-bond acceptors (Lipinski definition) is 7. The van der Waals surface area contributed by atoms with Crippen LogP contribution < -0.4 is 15.8 Å². The van der Waals surface area contributed by atoms with Crippen LogP contribution in [0.4, 0.5) is 24.5 Å². The molecule has 8 nitrogen and oxygen atoms in total. The molecule has 3 aromatic rings. The van der Waals surface area contributed by atoms with Gasteiger partial charge in [-0.05, 0) is 36.3 Å². The lowest BCUT2D eigenvalue weighted by Crippen LogP contribution is -2.18. The Bertz CT molecular complexity index is 1430. The Labute approximate surface area is 220 Å². The van der Waals surface area contributed by atoms with Gasteiger partial charge in [-0.1, -0.05) is 12.0 Å². The number of nitrogens with one attached hydrogen (secondary N) is 1. The van der Waals surface area contributed by atoms with Crippen LogP contribution in [0.25, 0.3) is 10.9 Å². The molecule has 0 saturated carbocycles. The molecule has 2 aromatic carbocycles. The average molecular weight is 553 g/mol. The molecule has 1 unspecified atom stereocenters. The number of nitrogen functional groups attached to an aromatic ring is 1. The number of halogens is 3. The zero-order chi connectivity index (χ0) is 27.8. The van der Waals surface area contributed by atoms with Crippen molar-refractivity contribution in [2.75, 3.05) is 64.4 Å². The summed E-state index contributed by atoms with van der Waals surface area (Å²) >= 11 is 0. The molecule has 0 bridgehead atoms. The van der Waals surface area contributed by atoms with Gasteiger partial charge in [0.25, 0.3) is 0 Å². The average Bonchev–Trinajstić information content (AvgIpc) is 3.21. The number of alkyl halides is 3. The summed E-state index contributed by atoms with van der Waals surface area (Å²) in [6.07, 6.45) is -2.90. The van der Waals surface area contributed by atoms with Crippen molar-refractivity contribution >= 4 is 32.0 Å². The molecule has 0 radical (unpaired) electrons. The van der Waals surface area contributed by atoms with E-state index in [4.69, 9.17) is 19.9 Å². The van der Waals surface area contributed by atoms with Crippen molar-refractivity contribution < 1.29 is 31.6 Å². The van der Waals surface area contributed by atoms with Gasteiger partial charge >= 0.3 is 6.18 Å². The molecule has 0 saturated heterocycles. The molecule has 0 spiro atoms. The maximum Gasteiger partial charge on any atom is 0.406 e. The van der Waals surface area contributed by atoms with Crippen LogP contribution in [0.5, 0.6) is 5.75 Å². The van der Waals surface area contributed by atoms with Crippen LogP contribution in [0.2, 0.25) is 0 Å². The minimum atomic E-state index is -4.42. The summed E-state index contributed by atoms with van der Waals surface area (Å²) in [4.78, 5) is 0.467. The monoisotopic (exact) mass is 552 g/mol. The van der Waals surface area contributed by atoms with Crippen molar-refractivity contribution in [3.05, 3.63) is 48.2 Å². The third-order valence-electron chi connectivity index (χ3n) is 5.51. The number of nitrogens with zero attached hydrogens (tertiary/aromatic N) is 2. The number of rotatable bonds is 11. The lowest BCUT2D eigenvalue weighted by Gasteiger charge is -2.13. The Kier molecular flexibility index (Phi) is 9.90. The topological polar surface area (TPSA) is 100 Å². The van der Waals surface area contributed by atoms with Crippen LogP contribution in [-0.4, -0.2) is 68.3 Å². The van der Waals surface area contributed by atoms with E-state index in [0.717, 1.165) is 4.57 Å². The van der Waals surface area contributed by atoms with Crippen LogP contribution in [0, 0.1) is 11.8 Å². The highest BCUT2D eigenvalue weighted by molar-refractivity contribution is 7.93. The Morgan fingerprint density at radius 3 is 2.61 bits per heavy atom. The van der Waals surface area contributed by atoms with Crippen molar-refractivity contribution in [3.63, 3.8) is 0 Å². The molecule has 0 aliphatic carbocycles. The fourth-order valence-corrected chi connectivity index (χ4v) is 4.48. The fourth-order valence-electron chi connectivity index (χ4n) is 3.59. The number of hydrogen-bond donors (Lipinski definition) is 2. The third-order valence-corrected chi connectivity index (χ3v) is 7.32. The molecular formula is C26H31F3N4O4S. The second-order valence-corrected chi connectivity index (χ2v) is 10.7. The molecule has 3 N–H and O–H groups in total. The summed E-state index contributed by atoms with van der Waals surface area (Å²) in [5, 5.41) is 3.61. The van der Waals surface area contributed by atoms with E-state index in [2.05, 4.69) is 21.5 Å². The number of benzene rings is 2. The van der Waals surface area contributed by atoms with Crippen LogP contribution >= 0.6 is 0 Å². The molecule has 0 aliphatic rings. The third kappa shape index (κ3) is 8.05. The molecule has 12 heteroatoms. The van der Waals surface area contributed by atoms with Gasteiger partial charge in [-0.25, -0.2) is 8.57 Å². The Balaban J connectivity index is 1.79. The van der Waals surface area contributed by atoms with E-state index >= 15 is 0 Å². The SMILES string of the molecule is CN=S(C)(=O)c1cc(NCC#Cc2cc3c(N)cccc3n2CC(F)(F)F)cc(OCCOCCOC)c1. The van der Waals surface area contributed by atoms with E-state index in [9.17, 15) is 17.4 Å². The Hall–Kier alpha value is -3.40. The highest BCUT2D eigenvalue weighted by Crippen LogP contribution is 2.29. The Morgan fingerprint density at radius 2 is 1.89 bits per heavy atom. The molecule has 206 valence electrons. The number of aromatic nitrogens is 1. The lowest BCUT2D eigenvalue weighted by atomic mass is 10.2. The van der Waals surface area contributed by atoms with Gasteiger partial charge < -0.3 is 29.8 Å². The first-order valence-electron chi connectivity index (χ1n) is 11.7. The van der Waals surface area contributed by atoms with Gasteiger partial charge in [0.2, 0.25) is 0 Å². The summed E-state index contributed by atoms with van der Waals surface area (Å²) in [6.45, 7) is 0.467. The first kappa shape index (κ1) is 29.2. The van der Waals surface area contributed by atoms with Crippen molar-refractivity contribution in [1.29, 1.82) is 0 Å². The van der Waals surface area contributed by atoms with Crippen LogP contribution in [0.15, 0.2) is 51.7 Å². The quantitative estimate of drug-likeness (QED) is 0.208. The van der Waals surface area contributed by atoms with E-state index in [1.54, 1.807) is 49.6 Å². The van der Waals surface area contributed by atoms with Gasteiger partial charge in [0.05, 0.1) is 52.2 Å². The fraction of sp³-hybridized carbons (Fsp3) is 0.385. The second-order valence-electron chi connectivity index (χ2n) is 8.30. The molecule has 1 aromatic heterocycles. The highest BCUT2D eigenvalue weighted by Gasteiger charge is 2.29. The zero-order valence-electron chi connectivity index (χ0n) is 21.4. The molecule has 0 amide bonds. The highest BCUT2D eigenvalue weighted by atomic mass is 32.2. The molecule has 0 aliphatic heterocycles. The second kappa shape index (κ2) is 12.9. The smallest absolute Gasteiger partial charge is 0.406 e. The van der Waals surface area contributed by atoms with Crippen molar-refractivity contribution in [2.24, 2.45) is 4.36 Å². The van der Waals surface area contributed by atoms with E-state index in [-0.39, 0.29) is 18.8 Å². The lowest BCUT2D eigenvalue weighted by molar-refractivity contribution is -0.140. The summed E-state index contributed by atoms with van der Waals surface area (Å²) in [7, 11) is 0.412. The maximum absolute atomic E-state index is 13.2. The largest absolute Gasteiger partial charge is 0.491 e. The number of nitrogens with two attached hydrogens (primary N) is 1. The molecular weight excluding hydrogens is 521 g/mol. The predicted molar refractivity (Wildman–Crippen MR) is 143 cm³/mol. The van der Waals surface area contributed by atoms with E-state index in [0.29, 0.717) is 52.7 Å². The van der Waals surface area contributed by atoms with Gasteiger partial charge in [-0.3, -0.25) is 0 Å². The standard InChI is InChI=1S/C26H31F3N4O4S/c1-31-38(3,34)22-15-19(14-21(17-22)37-13-12-36-11-10-35-2)32-9-5-6-20-16-23-24(30)7-4-8-25(23)33(20)18-26(27,28)29/h4,7-8,14-17,32H,9-13,18,30H2,1-3H3. The van der Waals surface area contributed by atoms with E-state index in [1.807, 2.05) is 0 Å². The van der Waals surface area contributed by atoms with Crippen LogP contribution in [-0.2, 0) is 25.7 Å². The summed E-state index contributed by atoms with van der Waals surface area (Å²) in [5.41, 5.74) is 7.47. The van der Waals surface area contributed by atoms with Gasteiger partial charge in [0, 0.05) is 43.2 Å². The number of fused-ring (bicyclic) bond motifs is 1. The number of anilines is 2. The predicted octanol–water partition coefficient (Wildman–Crippen LogP) is 4.38. The Morgan fingerprint density at radius 1 is 1.13 bits per heavy atom. The van der Waals surface area contributed by atoms with Crippen molar-refractivity contribution in [1.82, 2.24) is 4.57 Å². The first-order valence-corrected chi connectivity index (χ1v) is 13.6. The van der Waals surface area contributed by atoms with Gasteiger partial charge in [-0.2, -0.15) is 13.2 Å². The number of methoxy groups -OCH3 is 1. The summed E-state index contributed by atoms with van der Waals surface area (Å²) in [5.74, 6) is 6.14. The molecule has 3 rings (SSSR count). The first-order chi connectivity index (χ1) is 18.0. The minimum absolute atomic E-state index is 0.111. The molecule has 1 atom stereocenters. The summed E-state index contributed by atoms with van der Waals surface area (Å²) in [6, 6.07) is 11.4. The van der Waals surface area contributed by atoms with Crippen LogP contribution in [0.3, 0.4) is 0 Å². The van der Waals surface area contributed by atoms with E-state index in [1.165, 1.54) is 13.3 Å². The van der Waals surface area contributed by atoms with Crippen molar-refractivity contribution in [3.8, 4) is 17.6 Å². The maximum atomic E-state index is 13.2. The van der Waals surface area contributed by atoms with Gasteiger partial charge in [0.15, 0.2) is 0 Å². The summed E-state index contributed by atoms with van der Waals surface area (Å²) < 4.78 is 73.7. The number of ether oxygens (including phenoxy) is 3. The minimum Gasteiger partial charge on any atom is -0.491 e. The van der Waals surface area contributed by atoms with Crippen molar-refractivity contribution in [2.45, 2.75) is 17.6 Å². The van der Waals surface area contributed by atoms with Crippen LogP contribution in [0.1, 0.15) is 5.69 Å². The molecule has 1 heterocycles. The van der Waals surface area contributed by atoms with Gasteiger partial charge in [-0.15, -0.1) is 0 Å². The molecule has 38 heavy (non-hydrogen) atoms. The molecule has 0 fully saturated rings.